The third kappa shape index (κ3) is 4.58. The lowest BCUT2D eigenvalue weighted by Gasteiger charge is -2.07. The predicted octanol–water partition coefficient (Wildman–Crippen LogP) is 2.46. The molecule has 1 N–H and O–H groups in total. The van der Waals surface area contributed by atoms with Gasteiger partial charge in [0, 0.05) is 29.6 Å². The molecule has 1 heterocycles. The summed E-state index contributed by atoms with van der Waals surface area (Å²) in [5, 5.41) is 3.25. The zero-order valence-electron chi connectivity index (χ0n) is 10.0. The molecular weight excluding hydrogens is 304 g/mol. The quantitative estimate of drug-likeness (QED) is 0.890. The van der Waals surface area contributed by atoms with Crippen LogP contribution in [0.25, 0.3) is 0 Å². The second-order valence-electron chi connectivity index (χ2n) is 3.92. The van der Waals surface area contributed by atoms with E-state index >= 15 is 0 Å². The molecule has 0 saturated carbocycles. The molecule has 0 aliphatic carbocycles. The Kier molecular flexibility index (Phi) is 4.93. The second-order valence-corrected chi connectivity index (χ2v) is 7.11. The lowest BCUT2D eigenvalue weighted by Crippen LogP contribution is -2.27. The second kappa shape index (κ2) is 6.47. The molecule has 0 radical (unpaired) electrons. The van der Waals surface area contributed by atoms with Gasteiger partial charge in [-0.15, -0.1) is 11.3 Å². The summed E-state index contributed by atoms with van der Waals surface area (Å²) in [4.78, 5) is 4.10. The van der Waals surface area contributed by atoms with Gasteiger partial charge < -0.3 is 0 Å². The number of thiazole rings is 1. The maximum absolute atomic E-state index is 11.9. The topological polar surface area (TPSA) is 59.1 Å². The summed E-state index contributed by atoms with van der Waals surface area (Å²) in [5.41, 5.74) is 0.603. The summed E-state index contributed by atoms with van der Waals surface area (Å²) in [6.45, 7) is 0.348. The molecule has 19 heavy (non-hydrogen) atoms. The Morgan fingerprint density at radius 2 is 2.11 bits per heavy atom. The fraction of sp³-hybridized carbons (Fsp3) is 0.250. The van der Waals surface area contributed by atoms with Gasteiger partial charge in [-0.05, 0) is 11.6 Å². The van der Waals surface area contributed by atoms with Crippen LogP contribution in [0, 0.1) is 0 Å². The van der Waals surface area contributed by atoms with Crippen molar-refractivity contribution in [1.29, 1.82) is 0 Å². The van der Waals surface area contributed by atoms with Gasteiger partial charge >= 0.3 is 0 Å². The van der Waals surface area contributed by atoms with Gasteiger partial charge in [0.25, 0.3) is 0 Å². The van der Waals surface area contributed by atoms with Crippen molar-refractivity contribution in [1.82, 2.24) is 9.71 Å². The van der Waals surface area contributed by atoms with E-state index < -0.39 is 10.0 Å². The monoisotopic (exact) mass is 316 g/mol. The van der Waals surface area contributed by atoms with E-state index in [9.17, 15) is 8.42 Å². The number of nitrogens with one attached hydrogen (secondary N) is 1. The predicted molar refractivity (Wildman–Crippen MR) is 77.9 cm³/mol. The highest BCUT2D eigenvalue weighted by Gasteiger charge is 2.13. The van der Waals surface area contributed by atoms with Gasteiger partial charge in [0.1, 0.15) is 0 Å². The number of aromatic nitrogens is 1. The fourth-order valence-electron chi connectivity index (χ4n) is 1.56. The van der Waals surface area contributed by atoms with Gasteiger partial charge in [0.05, 0.1) is 10.8 Å². The van der Waals surface area contributed by atoms with Crippen LogP contribution in [0.2, 0.25) is 5.02 Å². The number of halogens is 1. The van der Waals surface area contributed by atoms with Gasteiger partial charge in [-0.3, -0.25) is 0 Å². The van der Waals surface area contributed by atoms with Crippen molar-refractivity contribution in [2.45, 2.75) is 12.2 Å². The van der Waals surface area contributed by atoms with Gasteiger partial charge in [-0.25, -0.2) is 18.1 Å². The Morgan fingerprint density at radius 1 is 1.32 bits per heavy atom. The highest BCUT2D eigenvalue weighted by molar-refractivity contribution is 7.88. The number of sulfonamides is 1. The summed E-state index contributed by atoms with van der Waals surface area (Å²) < 4.78 is 26.3. The molecule has 0 spiro atoms. The first-order valence-corrected chi connectivity index (χ1v) is 8.57. The van der Waals surface area contributed by atoms with Crippen molar-refractivity contribution < 1.29 is 8.42 Å². The molecule has 1 aromatic carbocycles. The zero-order valence-corrected chi connectivity index (χ0v) is 12.4. The van der Waals surface area contributed by atoms with Crippen LogP contribution in [0.5, 0.6) is 0 Å². The van der Waals surface area contributed by atoms with Crippen molar-refractivity contribution in [3.8, 4) is 0 Å². The molecule has 1 aromatic heterocycles. The van der Waals surface area contributed by atoms with Crippen molar-refractivity contribution in [3.63, 3.8) is 0 Å². The lowest BCUT2D eigenvalue weighted by atomic mass is 10.2. The first kappa shape index (κ1) is 14.5. The molecule has 102 valence electrons. The van der Waals surface area contributed by atoms with Crippen molar-refractivity contribution in [2.24, 2.45) is 0 Å². The SMILES string of the molecule is O=S(=O)(Cc1ccccc1Cl)NCCc1nccs1. The Bertz CT molecular complexity index is 627. The fourth-order valence-corrected chi connectivity index (χ4v) is 3.64. The van der Waals surface area contributed by atoms with Crippen molar-refractivity contribution >= 4 is 33.0 Å². The Morgan fingerprint density at radius 3 is 2.79 bits per heavy atom. The number of rotatable bonds is 6. The Hall–Kier alpha value is -0.950. The van der Waals surface area contributed by atoms with Crippen LogP contribution in [0.1, 0.15) is 10.6 Å². The average molecular weight is 317 g/mol. The van der Waals surface area contributed by atoms with Crippen LogP contribution in [-0.4, -0.2) is 19.9 Å². The minimum absolute atomic E-state index is 0.107. The first-order chi connectivity index (χ1) is 9.07. The number of hydrogen-bond acceptors (Lipinski definition) is 4. The molecule has 0 unspecified atom stereocenters. The van der Waals surface area contributed by atoms with Gasteiger partial charge in [-0.2, -0.15) is 0 Å². The van der Waals surface area contributed by atoms with Gasteiger partial charge in [-0.1, -0.05) is 29.8 Å². The van der Waals surface area contributed by atoms with Crippen LogP contribution in [0.15, 0.2) is 35.8 Å². The molecule has 4 nitrogen and oxygen atoms in total. The van der Waals surface area contributed by atoms with E-state index in [1.807, 2.05) is 5.38 Å². The Labute approximate surface area is 121 Å². The van der Waals surface area contributed by atoms with E-state index in [0.717, 1.165) is 5.01 Å². The third-order valence-corrected chi connectivity index (χ3v) is 4.99. The maximum atomic E-state index is 11.9. The van der Waals surface area contributed by atoms with Crippen LogP contribution in [0.3, 0.4) is 0 Å². The molecule has 0 fully saturated rings. The molecule has 2 rings (SSSR count). The van der Waals surface area contributed by atoms with E-state index in [4.69, 9.17) is 11.6 Å². The minimum Gasteiger partial charge on any atom is -0.250 e. The minimum atomic E-state index is -3.37. The molecule has 0 aliphatic heterocycles. The largest absolute Gasteiger partial charge is 0.250 e. The summed E-state index contributed by atoms with van der Waals surface area (Å²) in [5.74, 6) is -0.107. The van der Waals surface area contributed by atoms with Gasteiger partial charge in [0.15, 0.2) is 0 Å². The van der Waals surface area contributed by atoms with Crippen LogP contribution in [0.4, 0.5) is 0 Å². The number of benzene rings is 1. The lowest BCUT2D eigenvalue weighted by molar-refractivity contribution is 0.580. The third-order valence-electron chi connectivity index (χ3n) is 2.45. The molecule has 0 amide bonds. The van der Waals surface area contributed by atoms with E-state index in [-0.39, 0.29) is 5.75 Å². The molecule has 0 atom stereocenters. The smallest absolute Gasteiger partial charge is 0.215 e. The zero-order chi connectivity index (χ0) is 13.7. The molecule has 0 saturated heterocycles. The van der Waals surface area contributed by atoms with Crippen LogP contribution >= 0.6 is 22.9 Å². The van der Waals surface area contributed by atoms with E-state index in [0.29, 0.717) is 23.6 Å². The molecule has 7 heteroatoms. The first-order valence-electron chi connectivity index (χ1n) is 5.66. The molecule has 0 aliphatic rings. The van der Waals surface area contributed by atoms with Crippen LogP contribution < -0.4 is 4.72 Å². The van der Waals surface area contributed by atoms with Crippen LogP contribution in [-0.2, 0) is 22.2 Å². The normalized spacial score (nSPS) is 11.6. The average Bonchev–Trinajstić information content (AvgIpc) is 2.85. The molecule has 0 bridgehead atoms. The number of nitrogens with zero attached hydrogens (tertiary/aromatic N) is 1. The molecular formula is C12H13ClN2O2S2. The highest BCUT2D eigenvalue weighted by Crippen LogP contribution is 2.17. The van der Waals surface area contributed by atoms with E-state index in [2.05, 4.69) is 9.71 Å². The summed E-state index contributed by atoms with van der Waals surface area (Å²) in [6, 6.07) is 6.94. The summed E-state index contributed by atoms with van der Waals surface area (Å²) >= 11 is 7.46. The Balaban J connectivity index is 1.90. The van der Waals surface area contributed by atoms with E-state index in [1.54, 1.807) is 30.5 Å². The maximum Gasteiger partial charge on any atom is 0.215 e. The summed E-state index contributed by atoms with van der Waals surface area (Å²) in [6.07, 6.45) is 2.30. The standard InChI is InChI=1S/C12H13ClN2O2S2/c13-11-4-2-1-3-10(11)9-19(16,17)15-6-5-12-14-7-8-18-12/h1-4,7-8,15H,5-6,9H2. The van der Waals surface area contributed by atoms with E-state index in [1.165, 1.54) is 11.3 Å². The number of hydrogen-bond donors (Lipinski definition) is 1. The summed E-state index contributed by atoms with van der Waals surface area (Å²) in [7, 11) is -3.37. The molecule has 2 aromatic rings. The van der Waals surface area contributed by atoms with Crippen molar-refractivity contribution in [2.75, 3.05) is 6.54 Å². The van der Waals surface area contributed by atoms with Crippen molar-refractivity contribution in [3.05, 3.63) is 51.4 Å². The van der Waals surface area contributed by atoms with Gasteiger partial charge in [0.2, 0.25) is 10.0 Å². The highest BCUT2D eigenvalue weighted by atomic mass is 35.5.